The zero-order chi connectivity index (χ0) is 14.9. The van der Waals surface area contributed by atoms with E-state index in [1.165, 1.54) is 18.2 Å². The monoisotopic (exact) mass is 330 g/mol. The van der Waals surface area contributed by atoms with Gasteiger partial charge in [-0.15, -0.1) is 11.3 Å². The second-order valence-electron chi connectivity index (χ2n) is 3.95. The number of thiophene rings is 1. The van der Waals surface area contributed by atoms with E-state index in [9.17, 15) is 14.9 Å². The van der Waals surface area contributed by atoms with Crippen LogP contribution in [0.4, 0.5) is 11.4 Å². The van der Waals surface area contributed by atoms with Crippen LogP contribution in [0.1, 0.15) is 15.9 Å². The first-order chi connectivity index (χ1) is 9.38. The lowest BCUT2D eigenvalue weighted by Crippen LogP contribution is -2.12. The summed E-state index contributed by atoms with van der Waals surface area (Å²) in [6.45, 7) is 1.74. The van der Waals surface area contributed by atoms with Gasteiger partial charge in [-0.05, 0) is 18.6 Å². The highest BCUT2D eigenvalue weighted by atomic mass is 35.5. The molecule has 1 aromatic carbocycles. The Labute approximate surface area is 128 Å². The molecule has 104 valence electrons. The highest BCUT2D eigenvalue weighted by molar-refractivity contribution is 7.20. The third-order valence-corrected chi connectivity index (χ3v) is 4.07. The zero-order valence-corrected chi connectivity index (χ0v) is 12.5. The number of nitrogens with one attached hydrogen (secondary N) is 1. The molecule has 0 atom stereocenters. The van der Waals surface area contributed by atoms with E-state index < -0.39 is 10.8 Å². The quantitative estimate of drug-likeness (QED) is 0.664. The van der Waals surface area contributed by atoms with E-state index in [0.717, 1.165) is 11.3 Å². The smallest absolute Gasteiger partial charge is 0.271 e. The Kier molecular flexibility index (Phi) is 4.27. The number of amides is 1. The molecule has 0 saturated carbocycles. The van der Waals surface area contributed by atoms with Crippen LogP contribution in [0, 0.1) is 17.0 Å². The van der Waals surface area contributed by atoms with E-state index in [-0.39, 0.29) is 15.6 Å². The highest BCUT2D eigenvalue weighted by Gasteiger charge is 2.16. The second-order valence-corrected chi connectivity index (χ2v) is 6.23. The zero-order valence-electron chi connectivity index (χ0n) is 10.1. The van der Waals surface area contributed by atoms with Gasteiger partial charge in [-0.2, -0.15) is 0 Å². The molecular formula is C12H8Cl2N2O3S. The number of aryl methyl sites for hydroxylation is 1. The molecule has 1 aromatic heterocycles. The van der Waals surface area contributed by atoms with Gasteiger partial charge in [0.2, 0.25) is 0 Å². The van der Waals surface area contributed by atoms with Gasteiger partial charge >= 0.3 is 0 Å². The number of nitro benzene ring substituents is 1. The third-order valence-electron chi connectivity index (χ3n) is 2.58. The summed E-state index contributed by atoms with van der Waals surface area (Å²) >= 11 is 12.8. The number of rotatable bonds is 3. The maximum Gasteiger partial charge on any atom is 0.271 e. The summed E-state index contributed by atoms with van der Waals surface area (Å²) in [6.07, 6.45) is 0. The van der Waals surface area contributed by atoms with Gasteiger partial charge < -0.3 is 5.32 Å². The van der Waals surface area contributed by atoms with Crippen molar-refractivity contribution < 1.29 is 9.72 Å². The molecule has 1 N–H and O–H groups in total. The van der Waals surface area contributed by atoms with Gasteiger partial charge in [0.15, 0.2) is 0 Å². The number of hydrogen-bond acceptors (Lipinski definition) is 4. The molecule has 0 aliphatic carbocycles. The molecular weight excluding hydrogens is 323 g/mol. The molecule has 8 heteroatoms. The minimum Gasteiger partial charge on any atom is -0.321 e. The number of halogens is 2. The molecule has 2 aromatic rings. The fourth-order valence-electron chi connectivity index (χ4n) is 1.54. The van der Waals surface area contributed by atoms with Crippen LogP contribution in [0.5, 0.6) is 0 Å². The maximum absolute atomic E-state index is 12.1. The van der Waals surface area contributed by atoms with Gasteiger partial charge in [0.05, 0.1) is 20.5 Å². The fraction of sp³-hybridized carbons (Fsp3) is 0.0833. The first-order valence-electron chi connectivity index (χ1n) is 5.39. The van der Waals surface area contributed by atoms with Crippen molar-refractivity contribution in [1.29, 1.82) is 0 Å². The van der Waals surface area contributed by atoms with Crippen molar-refractivity contribution in [3.63, 3.8) is 0 Å². The first kappa shape index (κ1) is 14.8. The number of non-ortho nitro benzene ring substituents is 1. The Morgan fingerprint density at radius 3 is 2.60 bits per heavy atom. The van der Waals surface area contributed by atoms with E-state index in [2.05, 4.69) is 5.32 Å². The van der Waals surface area contributed by atoms with Crippen molar-refractivity contribution >= 4 is 51.8 Å². The Balaban J connectivity index is 2.30. The molecule has 2 rings (SSSR count). The van der Waals surface area contributed by atoms with Gasteiger partial charge in [0.1, 0.15) is 4.34 Å². The van der Waals surface area contributed by atoms with E-state index in [0.29, 0.717) is 15.6 Å². The van der Waals surface area contributed by atoms with Crippen molar-refractivity contribution in [3.8, 4) is 0 Å². The number of carbonyl (C=O) groups is 1. The lowest BCUT2D eigenvalue weighted by atomic mass is 10.1. The lowest BCUT2D eigenvalue weighted by Gasteiger charge is -2.07. The largest absolute Gasteiger partial charge is 0.321 e. The maximum atomic E-state index is 12.1. The molecule has 5 nitrogen and oxygen atoms in total. The van der Waals surface area contributed by atoms with Crippen molar-refractivity contribution in [2.75, 3.05) is 5.32 Å². The summed E-state index contributed by atoms with van der Waals surface area (Å²) in [7, 11) is 0. The van der Waals surface area contributed by atoms with Crippen LogP contribution in [0.2, 0.25) is 8.67 Å². The molecule has 0 aliphatic heterocycles. The van der Waals surface area contributed by atoms with E-state index in [1.807, 2.05) is 0 Å². The summed E-state index contributed by atoms with van der Waals surface area (Å²) in [4.78, 5) is 22.3. The molecule has 0 aliphatic rings. The van der Waals surface area contributed by atoms with E-state index in [4.69, 9.17) is 23.2 Å². The third kappa shape index (κ3) is 3.09. The summed E-state index contributed by atoms with van der Waals surface area (Å²) in [5, 5.41) is 13.3. The van der Waals surface area contributed by atoms with Crippen LogP contribution in [0.15, 0.2) is 24.3 Å². The van der Waals surface area contributed by atoms with Crippen LogP contribution in [-0.2, 0) is 0 Å². The van der Waals surface area contributed by atoms with Crippen LogP contribution in [0.25, 0.3) is 0 Å². The molecule has 0 saturated heterocycles. The normalized spacial score (nSPS) is 10.3. The topological polar surface area (TPSA) is 72.2 Å². The van der Waals surface area contributed by atoms with Gasteiger partial charge in [-0.3, -0.25) is 14.9 Å². The van der Waals surface area contributed by atoms with Crippen molar-refractivity contribution in [3.05, 3.63) is 54.2 Å². The van der Waals surface area contributed by atoms with Gasteiger partial charge in [-0.1, -0.05) is 29.3 Å². The minimum atomic E-state index is -0.524. The summed E-state index contributed by atoms with van der Waals surface area (Å²) < 4.78 is 0.673. The molecule has 0 unspecified atom stereocenters. The number of carbonyl (C=O) groups excluding carboxylic acids is 1. The Hall–Kier alpha value is -1.63. The lowest BCUT2D eigenvalue weighted by molar-refractivity contribution is -0.384. The van der Waals surface area contributed by atoms with Crippen molar-refractivity contribution in [1.82, 2.24) is 0 Å². The Morgan fingerprint density at radius 1 is 1.35 bits per heavy atom. The van der Waals surface area contributed by atoms with Gasteiger partial charge in [-0.25, -0.2) is 0 Å². The standard InChI is InChI=1S/C12H8Cl2N2O3S/c1-6-2-3-7(16(18)19)4-9(6)15-12(17)8-5-10(13)20-11(8)14/h2-5H,1H3,(H,15,17). The number of nitrogens with zero attached hydrogens (tertiary/aromatic N) is 1. The fourth-order valence-corrected chi connectivity index (χ4v) is 3.00. The summed E-state index contributed by atoms with van der Waals surface area (Å²) in [6, 6.07) is 5.70. The minimum absolute atomic E-state index is 0.0969. The predicted molar refractivity (Wildman–Crippen MR) is 80.1 cm³/mol. The summed E-state index contributed by atoms with van der Waals surface area (Å²) in [5.74, 6) is -0.457. The number of benzene rings is 1. The molecule has 0 radical (unpaired) electrons. The molecule has 1 amide bonds. The molecule has 20 heavy (non-hydrogen) atoms. The average Bonchev–Trinajstić information content (AvgIpc) is 2.71. The Morgan fingerprint density at radius 2 is 2.05 bits per heavy atom. The molecule has 1 heterocycles. The second kappa shape index (κ2) is 5.78. The predicted octanol–water partition coefficient (Wildman–Crippen LogP) is 4.52. The molecule has 0 bridgehead atoms. The molecule has 0 fully saturated rings. The SMILES string of the molecule is Cc1ccc([N+](=O)[O-])cc1NC(=O)c1cc(Cl)sc1Cl. The van der Waals surface area contributed by atoms with Gasteiger partial charge in [0, 0.05) is 12.1 Å². The van der Waals surface area contributed by atoms with Crippen LogP contribution in [-0.4, -0.2) is 10.8 Å². The van der Waals surface area contributed by atoms with Gasteiger partial charge in [0.25, 0.3) is 11.6 Å². The molecule has 0 spiro atoms. The first-order valence-corrected chi connectivity index (χ1v) is 6.97. The van der Waals surface area contributed by atoms with Crippen LogP contribution in [0.3, 0.4) is 0 Å². The average molecular weight is 331 g/mol. The number of anilines is 1. The summed E-state index contributed by atoms with van der Waals surface area (Å²) in [5.41, 5.74) is 1.22. The van der Waals surface area contributed by atoms with Crippen LogP contribution < -0.4 is 5.32 Å². The van der Waals surface area contributed by atoms with Crippen LogP contribution >= 0.6 is 34.5 Å². The van der Waals surface area contributed by atoms with E-state index in [1.54, 1.807) is 13.0 Å². The van der Waals surface area contributed by atoms with Crippen molar-refractivity contribution in [2.24, 2.45) is 0 Å². The number of hydrogen-bond donors (Lipinski definition) is 1. The van der Waals surface area contributed by atoms with Crippen molar-refractivity contribution in [2.45, 2.75) is 6.92 Å². The Bertz CT molecular complexity index is 700. The number of nitro groups is 1. The van der Waals surface area contributed by atoms with E-state index >= 15 is 0 Å². The highest BCUT2D eigenvalue weighted by Crippen LogP contribution is 2.32.